The highest BCUT2D eigenvalue weighted by molar-refractivity contribution is 7.99. The average molecular weight is 910 g/mol. The van der Waals surface area contributed by atoms with Crippen molar-refractivity contribution >= 4 is 35.3 Å². The van der Waals surface area contributed by atoms with E-state index in [0.29, 0.717) is 81.5 Å². The van der Waals surface area contributed by atoms with E-state index in [0.717, 1.165) is 60.8 Å². The Labute approximate surface area is 390 Å². The van der Waals surface area contributed by atoms with Gasteiger partial charge in [0.15, 0.2) is 11.4 Å². The average Bonchev–Trinajstić information content (AvgIpc) is 3.93. The van der Waals surface area contributed by atoms with Gasteiger partial charge in [0, 0.05) is 76.3 Å². The van der Waals surface area contributed by atoms with Gasteiger partial charge in [-0.25, -0.2) is 0 Å². The number of nitrogens with zero attached hydrogens (tertiary/aromatic N) is 7. The van der Waals surface area contributed by atoms with E-state index in [1.807, 2.05) is 47.2 Å². The van der Waals surface area contributed by atoms with Crippen LogP contribution in [0.4, 0.5) is 0 Å². The number of morpholine rings is 2. The Morgan fingerprint density at radius 2 is 1.17 bits per heavy atom. The van der Waals surface area contributed by atoms with Gasteiger partial charge in [0.05, 0.1) is 49.9 Å². The zero-order valence-corrected chi connectivity index (χ0v) is 41.1. The molecule has 64 heavy (non-hydrogen) atoms. The molecule has 11 nitrogen and oxygen atoms in total. The summed E-state index contributed by atoms with van der Waals surface area (Å²) in [6.45, 7) is 17.1. The lowest BCUT2D eigenvalue weighted by Gasteiger charge is -2.37. The van der Waals surface area contributed by atoms with Crippen LogP contribution >= 0.6 is 23.5 Å². The Kier molecular flexibility index (Phi) is 15.3. The highest BCUT2D eigenvalue weighted by Gasteiger charge is 2.37. The van der Waals surface area contributed by atoms with Gasteiger partial charge in [-0.05, 0) is 87.7 Å². The van der Waals surface area contributed by atoms with Crippen molar-refractivity contribution in [3.05, 3.63) is 70.5 Å². The SMILES string of the molecule is CC.CC(C)(C)C1CCC(n2nc(C(=O)N3CCOCC3)c3c2-c2ccccc2SC3)CC1.CN(C)Cc1ccc2c(c1)-c1c(c(C(=O)N3CCOCC3)nn1C1CCCCC1)CS2. The molecule has 6 heterocycles. The van der Waals surface area contributed by atoms with Gasteiger partial charge in [-0.15, -0.1) is 23.5 Å². The van der Waals surface area contributed by atoms with Crippen molar-refractivity contribution in [2.24, 2.45) is 11.3 Å². The molecule has 0 N–H and O–H groups in total. The molecule has 346 valence electrons. The van der Waals surface area contributed by atoms with Crippen LogP contribution in [-0.4, -0.2) is 113 Å². The normalized spacial score (nSPS) is 21.1. The standard InChI is InChI=1S/C25H33N3O2S.C24H32N4O2S.C2H6/c1-25(2,3)17-8-10-18(11-9-17)28-23-19-6-4-5-7-21(19)31-16-20(23)22(26-28)24(29)27-12-14-30-15-13-27;1-26(2)15-17-8-9-21-19(14-17)23-20(16-31-21)22(24(29)27-10-12-30-13-11-27)25-28(23)18-6-4-3-5-7-18;1-2/h4-7,17-18H,8-16H2,1-3H3;8-9,14,18H,3-7,10-13,15-16H2,1-2H3;1-2H3. The maximum absolute atomic E-state index is 13.5. The Morgan fingerprint density at radius 3 is 1.70 bits per heavy atom. The molecule has 2 saturated carbocycles. The quantitative estimate of drug-likeness (QED) is 0.187. The first-order valence-electron chi connectivity index (χ1n) is 24.1. The van der Waals surface area contributed by atoms with Crippen molar-refractivity contribution in [3.8, 4) is 22.5 Å². The number of thioether (sulfide) groups is 2. The summed E-state index contributed by atoms with van der Waals surface area (Å²) < 4.78 is 15.4. The molecule has 2 amide bonds. The van der Waals surface area contributed by atoms with Crippen molar-refractivity contribution in [2.45, 2.75) is 132 Å². The van der Waals surface area contributed by atoms with Gasteiger partial charge in [-0.1, -0.05) is 78.1 Å². The second kappa shape index (κ2) is 20.9. The first-order chi connectivity index (χ1) is 31.0. The predicted octanol–water partition coefficient (Wildman–Crippen LogP) is 10.6. The zero-order chi connectivity index (χ0) is 45.0. The number of fused-ring (bicyclic) bond motifs is 6. The number of rotatable bonds is 6. The Morgan fingerprint density at radius 1 is 0.672 bits per heavy atom. The maximum Gasteiger partial charge on any atom is 0.274 e. The Balaban J connectivity index is 0.000000169. The lowest BCUT2D eigenvalue weighted by Crippen LogP contribution is -2.41. The molecule has 4 aromatic rings. The first-order valence-corrected chi connectivity index (χ1v) is 26.1. The molecule has 4 aliphatic heterocycles. The second-order valence-electron chi connectivity index (χ2n) is 19.4. The molecule has 6 aliphatic rings. The van der Waals surface area contributed by atoms with E-state index >= 15 is 0 Å². The number of hydrogen-bond acceptors (Lipinski definition) is 9. The van der Waals surface area contributed by atoms with Crippen LogP contribution in [0.15, 0.2) is 52.3 Å². The van der Waals surface area contributed by atoms with Crippen LogP contribution in [0.1, 0.15) is 142 Å². The van der Waals surface area contributed by atoms with Gasteiger partial charge in [0.1, 0.15) is 0 Å². The molecule has 2 saturated heterocycles. The molecule has 0 atom stereocenters. The van der Waals surface area contributed by atoms with Crippen molar-refractivity contribution < 1.29 is 19.1 Å². The predicted molar refractivity (Wildman–Crippen MR) is 259 cm³/mol. The lowest BCUT2D eigenvalue weighted by atomic mass is 9.71. The van der Waals surface area contributed by atoms with E-state index in [1.165, 1.54) is 70.0 Å². The van der Waals surface area contributed by atoms with Crippen LogP contribution in [0, 0.1) is 11.3 Å². The Bertz CT molecular complexity index is 2240. The van der Waals surface area contributed by atoms with Gasteiger partial charge in [-0.3, -0.25) is 19.0 Å². The number of carbonyl (C=O) groups is 2. The third kappa shape index (κ3) is 10.0. The highest BCUT2D eigenvalue weighted by atomic mass is 32.2. The number of ether oxygens (including phenoxy) is 2. The summed E-state index contributed by atoms with van der Waals surface area (Å²) in [6, 6.07) is 16.2. The molecule has 2 aliphatic carbocycles. The molecule has 10 rings (SSSR count). The maximum atomic E-state index is 13.5. The van der Waals surface area contributed by atoms with Crippen molar-refractivity contribution in [3.63, 3.8) is 0 Å². The summed E-state index contributed by atoms with van der Waals surface area (Å²) in [5, 5.41) is 10.1. The number of carbonyl (C=O) groups excluding carboxylic acids is 2. The van der Waals surface area contributed by atoms with Crippen LogP contribution in [-0.2, 0) is 27.5 Å². The van der Waals surface area contributed by atoms with E-state index in [1.54, 1.807) is 0 Å². The number of aromatic nitrogens is 4. The molecular formula is C51H71N7O4S2. The van der Waals surface area contributed by atoms with Crippen LogP contribution < -0.4 is 0 Å². The molecule has 0 unspecified atom stereocenters. The molecule has 4 fully saturated rings. The van der Waals surface area contributed by atoms with E-state index in [2.05, 4.69) is 91.6 Å². The minimum Gasteiger partial charge on any atom is -0.378 e. The number of benzene rings is 2. The van der Waals surface area contributed by atoms with Crippen molar-refractivity contribution in [1.82, 2.24) is 34.3 Å². The van der Waals surface area contributed by atoms with E-state index < -0.39 is 0 Å². The van der Waals surface area contributed by atoms with Crippen LogP contribution in [0.5, 0.6) is 0 Å². The van der Waals surface area contributed by atoms with Gasteiger partial charge >= 0.3 is 0 Å². The van der Waals surface area contributed by atoms with Crippen molar-refractivity contribution in [1.29, 1.82) is 0 Å². The Hall–Kier alpha value is -3.62. The molecule has 2 aromatic carbocycles. The third-order valence-corrected chi connectivity index (χ3v) is 16.1. The second-order valence-corrected chi connectivity index (χ2v) is 21.4. The fourth-order valence-electron chi connectivity index (χ4n) is 10.4. The lowest BCUT2D eigenvalue weighted by molar-refractivity contribution is 0.0296. The van der Waals surface area contributed by atoms with Crippen molar-refractivity contribution in [2.75, 3.05) is 66.7 Å². The summed E-state index contributed by atoms with van der Waals surface area (Å²) in [5.41, 5.74) is 10.1. The smallest absolute Gasteiger partial charge is 0.274 e. The topological polar surface area (TPSA) is 98.0 Å². The number of hydrogen-bond donors (Lipinski definition) is 0. The van der Waals surface area contributed by atoms with E-state index in [4.69, 9.17) is 19.7 Å². The summed E-state index contributed by atoms with van der Waals surface area (Å²) in [6.07, 6.45) is 10.8. The fourth-order valence-corrected chi connectivity index (χ4v) is 12.6. The number of amides is 2. The van der Waals surface area contributed by atoms with E-state index in [-0.39, 0.29) is 11.8 Å². The van der Waals surface area contributed by atoms with Gasteiger partial charge in [-0.2, -0.15) is 10.2 Å². The van der Waals surface area contributed by atoms with Gasteiger partial charge in [0.2, 0.25) is 0 Å². The highest BCUT2D eigenvalue weighted by Crippen LogP contribution is 2.48. The van der Waals surface area contributed by atoms with Crippen LogP contribution in [0.2, 0.25) is 0 Å². The van der Waals surface area contributed by atoms with Crippen LogP contribution in [0.3, 0.4) is 0 Å². The largest absolute Gasteiger partial charge is 0.378 e. The summed E-state index contributed by atoms with van der Waals surface area (Å²) in [5.74, 6) is 2.53. The van der Waals surface area contributed by atoms with Gasteiger partial charge < -0.3 is 24.2 Å². The summed E-state index contributed by atoms with van der Waals surface area (Å²) in [7, 11) is 4.20. The third-order valence-electron chi connectivity index (χ3n) is 13.9. The minimum absolute atomic E-state index is 0.0710. The summed E-state index contributed by atoms with van der Waals surface area (Å²) >= 11 is 3.66. The monoisotopic (exact) mass is 910 g/mol. The van der Waals surface area contributed by atoms with Crippen LogP contribution in [0.25, 0.3) is 22.5 Å². The minimum atomic E-state index is 0.0710. The summed E-state index contributed by atoms with van der Waals surface area (Å²) in [4.78, 5) is 35.5. The zero-order valence-electron chi connectivity index (χ0n) is 39.5. The molecule has 13 heteroatoms. The van der Waals surface area contributed by atoms with Gasteiger partial charge in [0.25, 0.3) is 11.8 Å². The molecule has 2 aromatic heterocycles. The van der Waals surface area contributed by atoms with E-state index in [9.17, 15) is 9.59 Å². The fraction of sp³-hybridized carbons (Fsp3) is 0.608. The molecule has 0 bridgehead atoms. The molecular weight excluding hydrogens is 839 g/mol. The molecule has 0 spiro atoms. The molecule has 0 radical (unpaired) electrons. The first kappa shape index (κ1) is 46.9.